The van der Waals surface area contributed by atoms with Gasteiger partial charge in [-0.2, -0.15) is 0 Å². The molecule has 0 unspecified atom stereocenters. The molecule has 0 saturated heterocycles. The van der Waals surface area contributed by atoms with E-state index in [4.69, 9.17) is 9.47 Å². The van der Waals surface area contributed by atoms with Crippen LogP contribution in [0.5, 0.6) is 11.5 Å². The maximum Gasteiger partial charge on any atom is 0.352 e. The van der Waals surface area contributed by atoms with E-state index in [0.717, 1.165) is 14.5 Å². The lowest BCUT2D eigenvalue weighted by Crippen LogP contribution is -2.28. The molecule has 0 amide bonds. The van der Waals surface area contributed by atoms with E-state index in [0.29, 0.717) is 11.5 Å². The summed E-state index contributed by atoms with van der Waals surface area (Å²) in [5.41, 5.74) is 1.11. The van der Waals surface area contributed by atoms with Crippen molar-refractivity contribution in [3.8, 4) is 11.5 Å². The zero-order valence-electron chi connectivity index (χ0n) is 11.6. The minimum absolute atomic E-state index is 0.436. The molecule has 0 aliphatic rings. The number of rotatable bonds is 4. The zero-order chi connectivity index (χ0) is 15.4. The fourth-order valence-corrected chi connectivity index (χ4v) is 2.76. The van der Waals surface area contributed by atoms with Gasteiger partial charge in [0.1, 0.15) is 11.5 Å². The lowest BCUT2D eigenvalue weighted by atomic mass is 10.2. The van der Waals surface area contributed by atoms with Crippen molar-refractivity contribution in [2.24, 2.45) is 0 Å². The van der Waals surface area contributed by atoms with E-state index in [1.165, 1.54) is 0 Å². The van der Waals surface area contributed by atoms with Crippen molar-refractivity contribution in [1.82, 2.24) is 0 Å². The van der Waals surface area contributed by atoms with Crippen molar-refractivity contribution in [3.05, 3.63) is 57.0 Å². The van der Waals surface area contributed by atoms with Crippen LogP contribution in [-0.2, 0) is 4.79 Å². The van der Waals surface area contributed by atoms with Crippen LogP contribution in [0.25, 0.3) is 0 Å². The molecule has 0 fully saturated rings. The van der Waals surface area contributed by atoms with E-state index < -0.39 is 12.1 Å². The summed E-state index contributed by atoms with van der Waals surface area (Å²) in [6.07, 6.45) is -0.705. The molecule has 1 atom stereocenters. The van der Waals surface area contributed by atoms with Gasteiger partial charge in [-0.1, -0.05) is 33.6 Å². The molecule has 0 aliphatic carbocycles. The number of hydrogen-bond acceptors (Lipinski definition) is 3. The second-order valence-corrected chi connectivity index (χ2v) is 6.34. The topological polar surface area (TPSA) is 35.5 Å². The summed E-state index contributed by atoms with van der Waals surface area (Å²) in [7, 11) is 0. The van der Waals surface area contributed by atoms with Gasteiger partial charge >= 0.3 is 5.97 Å². The molecule has 0 radical (unpaired) electrons. The highest BCUT2D eigenvalue weighted by molar-refractivity contribution is 9.11. The second kappa shape index (κ2) is 7.09. The molecule has 0 aliphatic heterocycles. The quantitative estimate of drug-likeness (QED) is 0.528. The Morgan fingerprint density at radius 2 is 1.76 bits per heavy atom. The molecular formula is C16H14Br2O3. The highest BCUT2D eigenvalue weighted by Crippen LogP contribution is 2.29. The Balaban J connectivity index is 2.00. The Morgan fingerprint density at radius 3 is 2.38 bits per heavy atom. The first-order valence-corrected chi connectivity index (χ1v) is 7.94. The fraction of sp³-hybridized carbons (Fsp3) is 0.188. The molecule has 5 heteroatoms. The van der Waals surface area contributed by atoms with Gasteiger partial charge in [-0.05, 0) is 60.1 Å². The van der Waals surface area contributed by atoms with Crippen LogP contribution in [0, 0.1) is 6.92 Å². The molecule has 0 saturated carbocycles. The number of esters is 1. The summed E-state index contributed by atoms with van der Waals surface area (Å²) in [6.45, 7) is 3.63. The molecular weight excluding hydrogens is 400 g/mol. The van der Waals surface area contributed by atoms with Gasteiger partial charge in [0, 0.05) is 4.47 Å². The molecule has 0 spiro atoms. The van der Waals surface area contributed by atoms with E-state index in [2.05, 4.69) is 31.9 Å². The van der Waals surface area contributed by atoms with Crippen molar-refractivity contribution in [2.45, 2.75) is 20.0 Å². The minimum atomic E-state index is -0.705. The van der Waals surface area contributed by atoms with Crippen LogP contribution < -0.4 is 9.47 Å². The van der Waals surface area contributed by atoms with Gasteiger partial charge < -0.3 is 9.47 Å². The molecule has 21 heavy (non-hydrogen) atoms. The summed E-state index contributed by atoms with van der Waals surface area (Å²) in [5, 5.41) is 0. The lowest BCUT2D eigenvalue weighted by molar-refractivity contribution is -0.141. The molecule has 2 aromatic carbocycles. The first kappa shape index (κ1) is 16.0. The van der Waals surface area contributed by atoms with Gasteiger partial charge in [-0.25, -0.2) is 4.79 Å². The molecule has 0 bridgehead atoms. The van der Waals surface area contributed by atoms with Crippen molar-refractivity contribution in [2.75, 3.05) is 0 Å². The van der Waals surface area contributed by atoms with E-state index in [-0.39, 0.29) is 0 Å². The number of ether oxygens (including phenoxy) is 2. The third-order valence-electron chi connectivity index (χ3n) is 2.77. The summed E-state index contributed by atoms with van der Waals surface area (Å²) in [6, 6.07) is 12.8. The van der Waals surface area contributed by atoms with Crippen molar-refractivity contribution < 1.29 is 14.3 Å². The minimum Gasteiger partial charge on any atom is -0.478 e. The molecule has 2 rings (SSSR count). The average Bonchev–Trinajstić information content (AvgIpc) is 2.44. The van der Waals surface area contributed by atoms with Crippen LogP contribution >= 0.6 is 31.9 Å². The van der Waals surface area contributed by atoms with E-state index in [1.54, 1.807) is 25.1 Å². The van der Waals surface area contributed by atoms with Crippen LogP contribution in [0.2, 0.25) is 0 Å². The Kier molecular flexibility index (Phi) is 5.42. The van der Waals surface area contributed by atoms with Gasteiger partial charge in [-0.3, -0.25) is 0 Å². The van der Waals surface area contributed by atoms with Gasteiger partial charge in [0.05, 0.1) is 4.47 Å². The largest absolute Gasteiger partial charge is 0.478 e. The van der Waals surface area contributed by atoms with Crippen molar-refractivity contribution in [3.63, 3.8) is 0 Å². The highest BCUT2D eigenvalue weighted by atomic mass is 79.9. The van der Waals surface area contributed by atoms with Gasteiger partial charge in [0.25, 0.3) is 0 Å². The number of halogens is 2. The van der Waals surface area contributed by atoms with Crippen LogP contribution in [0.3, 0.4) is 0 Å². The van der Waals surface area contributed by atoms with Crippen LogP contribution in [0.15, 0.2) is 51.4 Å². The van der Waals surface area contributed by atoms with Crippen LogP contribution in [0.4, 0.5) is 0 Å². The second-order valence-electron chi connectivity index (χ2n) is 4.57. The van der Waals surface area contributed by atoms with E-state index >= 15 is 0 Å². The molecule has 2 aromatic rings. The molecule has 3 nitrogen and oxygen atoms in total. The summed E-state index contributed by atoms with van der Waals surface area (Å²) in [5.74, 6) is 0.663. The van der Waals surface area contributed by atoms with E-state index in [9.17, 15) is 4.79 Å². The number of benzene rings is 2. The molecule has 0 aromatic heterocycles. The molecule has 0 heterocycles. The Labute approximate surface area is 140 Å². The number of carbonyl (C=O) groups is 1. The van der Waals surface area contributed by atoms with Crippen LogP contribution in [0.1, 0.15) is 12.5 Å². The smallest absolute Gasteiger partial charge is 0.352 e. The summed E-state index contributed by atoms with van der Waals surface area (Å²) < 4.78 is 12.6. The molecule has 0 N–H and O–H groups in total. The predicted molar refractivity (Wildman–Crippen MR) is 88.7 cm³/mol. The maximum atomic E-state index is 12.0. The third-order valence-corrected chi connectivity index (χ3v) is 3.88. The monoisotopic (exact) mass is 412 g/mol. The first-order valence-electron chi connectivity index (χ1n) is 6.36. The Bertz CT molecular complexity index is 638. The number of carbonyl (C=O) groups excluding carboxylic acids is 1. The number of aryl methyl sites for hydroxylation is 1. The normalized spacial score (nSPS) is 11.8. The Morgan fingerprint density at radius 1 is 1.10 bits per heavy atom. The molecule has 110 valence electrons. The average molecular weight is 414 g/mol. The summed E-state index contributed by atoms with van der Waals surface area (Å²) >= 11 is 6.76. The van der Waals surface area contributed by atoms with E-state index in [1.807, 2.05) is 31.2 Å². The summed E-state index contributed by atoms with van der Waals surface area (Å²) in [4.78, 5) is 12.0. The van der Waals surface area contributed by atoms with Gasteiger partial charge in [-0.15, -0.1) is 0 Å². The first-order chi connectivity index (χ1) is 9.95. The van der Waals surface area contributed by atoms with Crippen molar-refractivity contribution >= 4 is 37.8 Å². The predicted octanol–water partition coefficient (Wildman–Crippen LogP) is 4.89. The standard InChI is InChI=1S/C16H14Br2O3/c1-10-3-6-13(7-4-10)21-16(19)11(2)20-15-8-5-12(17)9-14(15)18/h3-9,11H,1-2H3/t11-/m1/s1. The van der Waals surface area contributed by atoms with Gasteiger partial charge in [0.2, 0.25) is 0 Å². The van der Waals surface area contributed by atoms with Gasteiger partial charge in [0.15, 0.2) is 6.10 Å². The van der Waals surface area contributed by atoms with Crippen LogP contribution in [-0.4, -0.2) is 12.1 Å². The highest BCUT2D eigenvalue weighted by Gasteiger charge is 2.18. The van der Waals surface area contributed by atoms with Crippen molar-refractivity contribution in [1.29, 1.82) is 0 Å². The third kappa shape index (κ3) is 4.58. The maximum absolute atomic E-state index is 12.0. The SMILES string of the molecule is Cc1ccc(OC(=O)[C@@H](C)Oc2ccc(Br)cc2Br)cc1. The fourth-order valence-electron chi connectivity index (χ4n) is 1.61. The zero-order valence-corrected chi connectivity index (χ0v) is 14.8. The lowest BCUT2D eigenvalue weighted by Gasteiger charge is -2.15. The Hall–Kier alpha value is -1.33. The number of hydrogen-bond donors (Lipinski definition) is 0.